The van der Waals surface area contributed by atoms with Crippen LogP contribution < -0.4 is 10.1 Å². The minimum absolute atomic E-state index is 0.000432. The largest absolute Gasteiger partial charge is 0.484 e. The molecular weight excluding hydrogens is 378 g/mol. The van der Waals surface area contributed by atoms with Crippen molar-refractivity contribution in [3.05, 3.63) is 59.1 Å². The first-order valence-electron chi connectivity index (χ1n) is 9.30. The molecule has 1 N–H and O–H groups in total. The summed E-state index contributed by atoms with van der Waals surface area (Å²) in [7, 11) is 0. The molecule has 0 saturated carbocycles. The molecule has 7 heteroatoms. The molecule has 0 radical (unpaired) electrons. The highest BCUT2D eigenvalue weighted by atomic mass is 35.5. The lowest BCUT2D eigenvalue weighted by Crippen LogP contribution is -2.40. The van der Waals surface area contributed by atoms with Crippen molar-refractivity contribution in [3.8, 4) is 5.75 Å². The van der Waals surface area contributed by atoms with E-state index in [1.165, 1.54) is 0 Å². The zero-order valence-electron chi connectivity index (χ0n) is 15.9. The van der Waals surface area contributed by atoms with E-state index in [-0.39, 0.29) is 18.5 Å². The Hall–Kier alpha value is -2.73. The van der Waals surface area contributed by atoms with Crippen molar-refractivity contribution < 1.29 is 14.3 Å². The molecule has 3 amide bonds. The summed E-state index contributed by atoms with van der Waals surface area (Å²) in [6, 6.07) is 14.5. The van der Waals surface area contributed by atoms with E-state index in [0.717, 1.165) is 12.0 Å². The minimum Gasteiger partial charge on any atom is -0.484 e. The number of amides is 3. The molecule has 2 aromatic rings. The maximum atomic E-state index is 12.5. The van der Waals surface area contributed by atoms with Gasteiger partial charge in [0.15, 0.2) is 6.61 Å². The summed E-state index contributed by atoms with van der Waals surface area (Å²) in [6.45, 7) is 4.11. The highest BCUT2D eigenvalue weighted by molar-refractivity contribution is 6.30. The lowest BCUT2D eigenvalue weighted by Gasteiger charge is -2.22. The van der Waals surface area contributed by atoms with Crippen molar-refractivity contribution in [1.82, 2.24) is 9.80 Å². The predicted octanol–water partition coefficient (Wildman–Crippen LogP) is 3.79. The summed E-state index contributed by atoms with van der Waals surface area (Å²) in [4.78, 5) is 28.5. The van der Waals surface area contributed by atoms with E-state index in [9.17, 15) is 9.59 Å². The Kier molecular flexibility index (Phi) is 6.76. The molecule has 6 nitrogen and oxygen atoms in total. The second kappa shape index (κ2) is 9.46. The molecule has 148 valence electrons. The average molecular weight is 402 g/mol. The number of rotatable bonds is 4. The van der Waals surface area contributed by atoms with Crippen LogP contribution >= 0.6 is 11.6 Å². The molecule has 1 aliphatic rings. The van der Waals surface area contributed by atoms with Gasteiger partial charge in [0.05, 0.1) is 0 Å². The number of hydrogen-bond donors (Lipinski definition) is 1. The van der Waals surface area contributed by atoms with Crippen LogP contribution in [0.1, 0.15) is 12.0 Å². The molecule has 0 bridgehead atoms. The van der Waals surface area contributed by atoms with E-state index < -0.39 is 0 Å². The zero-order chi connectivity index (χ0) is 19.9. The first kappa shape index (κ1) is 20.0. The molecule has 0 unspecified atom stereocenters. The van der Waals surface area contributed by atoms with Crippen LogP contribution in [-0.4, -0.2) is 54.5 Å². The van der Waals surface area contributed by atoms with Gasteiger partial charge in [0.1, 0.15) is 5.75 Å². The fourth-order valence-corrected chi connectivity index (χ4v) is 3.28. The molecule has 28 heavy (non-hydrogen) atoms. The van der Waals surface area contributed by atoms with Crippen LogP contribution in [0.25, 0.3) is 0 Å². The standard InChI is InChI=1S/C21H24ClN3O3/c1-16-6-2-3-9-19(16)28-15-20(26)24-10-5-11-25(13-12-24)21(27)23-18-8-4-7-17(22)14-18/h2-4,6-9,14H,5,10-13,15H2,1H3,(H,23,27). The van der Waals surface area contributed by atoms with Crippen molar-refractivity contribution in [3.63, 3.8) is 0 Å². The first-order valence-corrected chi connectivity index (χ1v) is 9.68. The number of nitrogens with one attached hydrogen (secondary N) is 1. The van der Waals surface area contributed by atoms with E-state index in [0.29, 0.717) is 42.6 Å². The van der Waals surface area contributed by atoms with Crippen molar-refractivity contribution in [1.29, 1.82) is 0 Å². The minimum atomic E-state index is -0.187. The monoisotopic (exact) mass is 401 g/mol. The van der Waals surface area contributed by atoms with Gasteiger partial charge in [0.2, 0.25) is 0 Å². The number of nitrogens with zero attached hydrogens (tertiary/aromatic N) is 2. The van der Waals surface area contributed by atoms with Gasteiger partial charge in [-0.1, -0.05) is 35.9 Å². The van der Waals surface area contributed by atoms with E-state index in [1.54, 1.807) is 34.1 Å². The molecule has 3 rings (SSSR count). The molecule has 1 saturated heterocycles. The fourth-order valence-electron chi connectivity index (χ4n) is 3.09. The third kappa shape index (κ3) is 5.39. The number of halogens is 1. The molecule has 0 aliphatic carbocycles. The van der Waals surface area contributed by atoms with Gasteiger partial charge in [-0.3, -0.25) is 4.79 Å². The normalized spacial score (nSPS) is 14.4. The summed E-state index contributed by atoms with van der Waals surface area (Å²) in [6.07, 6.45) is 0.721. The Labute approximate surface area is 170 Å². The van der Waals surface area contributed by atoms with Gasteiger partial charge in [0, 0.05) is 36.9 Å². The molecule has 1 heterocycles. The Balaban J connectivity index is 1.50. The Morgan fingerprint density at radius 3 is 2.57 bits per heavy atom. The molecule has 0 aromatic heterocycles. The maximum Gasteiger partial charge on any atom is 0.321 e. The Morgan fingerprint density at radius 1 is 1.04 bits per heavy atom. The highest BCUT2D eigenvalue weighted by Gasteiger charge is 2.22. The molecule has 0 spiro atoms. The van der Waals surface area contributed by atoms with Crippen molar-refractivity contribution in [2.45, 2.75) is 13.3 Å². The van der Waals surface area contributed by atoms with E-state index in [1.807, 2.05) is 31.2 Å². The van der Waals surface area contributed by atoms with Crippen LogP contribution in [-0.2, 0) is 4.79 Å². The van der Waals surface area contributed by atoms with Crippen molar-refractivity contribution >= 4 is 29.2 Å². The topological polar surface area (TPSA) is 61.9 Å². The summed E-state index contributed by atoms with van der Waals surface area (Å²) < 4.78 is 5.66. The van der Waals surface area contributed by atoms with E-state index in [2.05, 4.69) is 5.32 Å². The molecule has 1 aliphatic heterocycles. The van der Waals surface area contributed by atoms with Gasteiger partial charge < -0.3 is 19.9 Å². The van der Waals surface area contributed by atoms with Gasteiger partial charge in [0.25, 0.3) is 5.91 Å². The number of carbonyl (C=O) groups excluding carboxylic acids is 2. The SMILES string of the molecule is Cc1ccccc1OCC(=O)N1CCCN(C(=O)Nc2cccc(Cl)c2)CC1. The van der Waals surface area contributed by atoms with Crippen LogP contribution in [0.15, 0.2) is 48.5 Å². The molecule has 2 aromatic carbocycles. The summed E-state index contributed by atoms with van der Waals surface area (Å²) >= 11 is 5.96. The van der Waals surface area contributed by atoms with Gasteiger partial charge in [-0.05, 0) is 43.2 Å². The lowest BCUT2D eigenvalue weighted by atomic mass is 10.2. The van der Waals surface area contributed by atoms with Crippen molar-refractivity contribution in [2.24, 2.45) is 0 Å². The highest BCUT2D eigenvalue weighted by Crippen LogP contribution is 2.17. The number of para-hydroxylation sites is 1. The number of ether oxygens (including phenoxy) is 1. The Bertz CT molecular complexity index is 843. The lowest BCUT2D eigenvalue weighted by molar-refractivity contribution is -0.133. The van der Waals surface area contributed by atoms with Gasteiger partial charge in [-0.25, -0.2) is 4.79 Å². The van der Waals surface area contributed by atoms with Crippen LogP contribution in [0.5, 0.6) is 5.75 Å². The van der Waals surface area contributed by atoms with Crippen molar-refractivity contribution in [2.75, 3.05) is 38.1 Å². The van der Waals surface area contributed by atoms with Crippen LogP contribution in [0, 0.1) is 6.92 Å². The number of hydrogen-bond acceptors (Lipinski definition) is 3. The number of carbonyl (C=O) groups is 2. The number of aryl methyl sites for hydroxylation is 1. The van der Waals surface area contributed by atoms with Crippen LogP contribution in [0.3, 0.4) is 0 Å². The summed E-state index contributed by atoms with van der Waals surface area (Å²) in [5.74, 6) is 0.647. The second-order valence-electron chi connectivity index (χ2n) is 6.72. The van der Waals surface area contributed by atoms with Gasteiger partial charge in [-0.2, -0.15) is 0 Å². The first-order chi connectivity index (χ1) is 13.5. The quantitative estimate of drug-likeness (QED) is 0.847. The van der Waals surface area contributed by atoms with Crippen LogP contribution in [0.2, 0.25) is 5.02 Å². The third-order valence-corrected chi connectivity index (χ3v) is 4.89. The average Bonchev–Trinajstić information content (AvgIpc) is 2.93. The summed E-state index contributed by atoms with van der Waals surface area (Å²) in [5.41, 5.74) is 1.65. The zero-order valence-corrected chi connectivity index (χ0v) is 16.6. The second-order valence-corrected chi connectivity index (χ2v) is 7.15. The number of anilines is 1. The third-order valence-electron chi connectivity index (χ3n) is 4.66. The Morgan fingerprint density at radius 2 is 1.79 bits per heavy atom. The molecule has 1 fully saturated rings. The fraction of sp³-hybridized carbons (Fsp3) is 0.333. The number of benzene rings is 2. The predicted molar refractivity (Wildman–Crippen MR) is 110 cm³/mol. The molecule has 0 atom stereocenters. The summed E-state index contributed by atoms with van der Waals surface area (Å²) in [5, 5.41) is 3.42. The maximum absolute atomic E-state index is 12.5. The smallest absolute Gasteiger partial charge is 0.321 e. The van der Waals surface area contributed by atoms with E-state index >= 15 is 0 Å². The van der Waals surface area contributed by atoms with E-state index in [4.69, 9.17) is 16.3 Å². The van der Waals surface area contributed by atoms with Gasteiger partial charge >= 0.3 is 6.03 Å². The molecular formula is C21H24ClN3O3. The van der Waals surface area contributed by atoms with Crippen LogP contribution in [0.4, 0.5) is 10.5 Å². The number of urea groups is 1. The van der Waals surface area contributed by atoms with Gasteiger partial charge in [-0.15, -0.1) is 0 Å².